The Kier molecular flexibility index (Phi) is 2.21. The molecule has 3 rings (SSSR count). The van der Waals surface area contributed by atoms with Gasteiger partial charge in [0.15, 0.2) is 0 Å². The van der Waals surface area contributed by atoms with Gasteiger partial charge in [0.1, 0.15) is 0 Å². The van der Waals surface area contributed by atoms with E-state index in [1.807, 2.05) is 0 Å². The highest BCUT2D eigenvalue weighted by molar-refractivity contribution is 5.36. The molecule has 0 saturated carbocycles. The molecule has 0 radical (unpaired) electrons. The van der Waals surface area contributed by atoms with Crippen molar-refractivity contribution in [2.24, 2.45) is 5.92 Å². The van der Waals surface area contributed by atoms with Gasteiger partial charge in [0.25, 0.3) is 0 Å². The van der Waals surface area contributed by atoms with E-state index in [0.29, 0.717) is 0 Å². The molecule has 0 bridgehead atoms. The fourth-order valence-electron chi connectivity index (χ4n) is 2.77. The second-order valence-electron chi connectivity index (χ2n) is 4.56. The highest BCUT2D eigenvalue weighted by Gasteiger charge is 2.23. The Bertz CT molecular complexity index is 398. The minimum atomic E-state index is 0.785. The third-order valence-electron chi connectivity index (χ3n) is 3.61. The van der Waals surface area contributed by atoms with Crippen molar-refractivity contribution < 1.29 is 0 Å². The van der Waals surface area contributed by atoms with Gasteiger partial charge in [-0.2, -0.15) is 0 Å². The van der Waals surface area contributed by atoms with Gasteiger partial charge in [-0.05, 0) is 42.7 Å². The fourth-order valence-corrected chi connectivity index (χ4v) is 2.77. The van der Waals surface area contributed by atoms with Crippen molar-refractivity contribution in [3.8, 4) is 0 Å². The predicted octanol–water partition coefficient (Wildman–Crippen LogP) is 3.68. The first-order valence-electron chi connectivity index (χ1n) is 5.84. The summed E-state index contributed by atoms with van der Waals surface area (Å²) in [5.41, 5.74) is 4.80. The summed E-state index contributed by atoms with van der Waals surface area (Å²) < 4.78 is 0. The average Bonchev–Trinajstić information content (AvgIpc) is 2.74. The molecular formula is C15H16. The molecule has 0 nitrogen and oxygen atoms in total. The van der Waals surface area contributed by atoms with Gasteiger partial charge in [0.05, 0.1) is 0 Å². The van der Waals surface area contributed by atoms with Crippen LogP contribution < -0.4 is 0 Å². The summed E-state index contributed by atoms with van der Waals surface area (Å²) in [7, 11) is 0. The van der Waals surface area contributed by atoms with E-state index >= 15 is 0 Å². The standard InChI is InChI=1S/C15H16/c1-2-6-12(7-3-1)15-10-13-8-4-5-9-14(13)11-15/h1-2,4-5,7-9,15H,3,6,10-11H2. The summed E-state index contributed by atoms with van der Waals surface area (Å²) in [6.07, 6.45) is 11.9. The minimum absolute atomic E-state index is 0.785. The first-order chi connectivity index (χ1) is 7.43. The largest absolute Gasteiger partial charge is 0.0844 e. The molecule has 0 spiro atoms. The molecule has 0 aromatic heterocycles. The normalized spacial score (nSPS) is 20.1. The van der Waals surface area contributed by atoms with Crippen molar-refractivity contribution in [2.45, 2.75) is 25.7 Å². The van der Waals surface area contributed by atoms with Gasteiger partial charge in [-0.25, -0.2) is 0 Å². The quantitative estimate of drug-likeness (QED) is 0.601. The molecule has 0 fully saturated rings. The molecule has 0 atom stereocenters. The van der Waals surface area contributed by atoms with Crippen LogP contribution in [0.1, 0.15) is 24.0 Å². The number of rotatable bonds is 1. The molecule has 2 aliphatic rings. The van der Waals surface area contributed by atoms with Crippen molar-refractivity contribution in [2.75, 3.05) is 0 Å². The van der Waals surface area contributed by atoms with Gasteiger partial charge in [0.2, 0.25) is 0 Å². The molecule has 0 heteroatoms. The van der Waals surface area contributed by atoms with Crippen molar-refractivity contribution in [1.82, 2.24) is 0 Å². The molecule has 0 N–H and O–H groups in total. The van der Waals surface area contributed by atoms with Crippen molar-refractivity contribution >= 4 is 0 Å². The molecule has 0 amide bonds. The molecule has 15 heavy (non-hydrogen) atoms. The van der Waals surface area contributed by atoms with E-state index in [9.17, 15) is 0 Å². The predicted molar refractivity (Wildman–Crippen MR) is 63.8 cm³/mol. The highest BCUT2D eigenvalue weighted by atomic mass is 14.3. The van der Waals surface area contributed by atoms with Crippen LogP contribution >= 0.6 is 0 Å². The lowest BCUT2D eigenvalue weighted by molar-refractivity contribution is 0.638. The number of allylic oxidation sites excluding steroid dienone is 4. The summed E-state index contributed by atoms with van der Waals surface area (Å²) in [4.78, 5) is 0. The second-order valence-corrected chi connectivity index (χ2v) is 4.56. The van der Waals surface area contributed by atoms with Crippen LogP contribution in [0.25, 0.3) is 0 Å². The zero-order valence-corrected chi connectivity index (χ0v) is 8.95. The molecule has 1 aromatic rings. The highest BCUT2D eigenvalue weighted by Crippen LogP contribution is 2.33. The van der Waals surface area contributed by atoms with E-state index in [-0.39, 0.29) is 0 Å². The summed E-state index contributed by atoms with van der Waals surface area (Å²) >= 11 is 0. The van der Waals surface area contributed by atoms with Gasteiger partial charge in [0, 0.05) is 0 Å². The van der Waals surface area contributed by atoms with Gasteiger partial charge in [-0.3, -0.25) is 0 Å². The van der Waals surface area contributed by atoms with E-state index in [4.69, 9.17) is 0 Å². The van der Waals surface area contributed by atoms with Gasteiger partial charge in [-0.15, -0.1) is 0 Å². The topological polar surface area (TPSA) is 0 Å². The molecule has 76 valence electrons. The van der Waals surface area contributed by atoms with E-state index in [2.05, 4.69) is 42.5 Å². The number of fused-ring (bicyclic) bond motifs is 1. The second kappa shape index (κ2) is 3.69. The Hall–Kier alpha value is -1.30. The van der Waals surface area contributed by atoms with Crippen molar-refractivity contribution in [3.63, 3.8) is 0 Å². The Morgan fingerprint density at radius 2 is 1.67 bits per heavy atom. The third kappa shape index (κ3) is 1.65. The van der Waals surface area contributed by atoms with E-state index in [1.54, 1.807) is 16.7 Å². The first-order valence-corrected chi connectivity index (χ1v) is 5.84. The number of benzene rings is 1. The molecule has 0 aliphatic heterocycles. The van der Waals surface area contributed by atoms with Gasteiger partial charge < -0.3 is 0 Å². The van der Waals surface area contributed by atoms with Crippen LogP contribution in [0, 0.1) is 5.92 Å². The van der Waals surface area contributed by atoms with Crippen LogP contribution in [0.5, 0.6) is 0 Å². The molecule has 1 aromatic carbocycles. The van der Waals surface area contributed by atoms with Crippen LogP contribution in [0.4, 0.5) is 0 Å². The summed E-state index contributed by atoms with van der Waals surface area (Å²) in [6, 6.07) is 8.90. The smallest absolute Gasteiger partial charge is 0.0119 e. The van der Waals surface area contributed by atoms with E-state index in [1.165, 1.54) is 19.3 Å². The third-order valence-corrected chi connectivity index (χ3v) is 3.61. The maximum atomic E-state index is 2.43. The zero-order valence-electron chi connectivity index (χ0n) is 8.95. The van der Waals surface area contributed by atoms with Crippen molar-refractivity contribution in [3.05, 3.63) is 59.2 Å². The maximum Gasteiger partial charge on any atom is -0.0119 e. The van der Waals surface area contributed by atoms with Crippen LogP contribution in [0.15, 0.2) is 48.1 Å². The molecular weight excluding hydrogens is 180 g/mol. The first kappa shape index (κ1) is 8.96. The van der Waals surface area contributed by atoms with Crippen LogP contribution in [-0.4, -0.2) is 0 Å². The number of hydrogen-bond acceptors (Lipinski definition) is 0. The fraction of sp³-hybridized carbons (Fsp3) is 0.333. The van der Waals surface area contributed by atoms with Crippen LogP contribution in [0.2, 0.25) is 0 Å². The molecule has 0 saturated heterocycles. The molecule has 0 unspecified atom stereocenters. The molecule has 2 aliphatic carbocycles. The minimum Gasteiger partial charge on any atom is -0.0844 e. The average molecular weight is 196 g/mol. The van der Waals surface area contributed by atoms with E-state index in [0.717, 1.165) is 12.3 Å². The Morgan fingerprint density at radius 1 is 0.933 bits per heavy atom. The Labute approximate surface area is 91.3 Å². The number of hydrogen-bond donors (Lipinski definition) is 0. The van der Waals surface area contributed by atoms with Gasteiger partial charge >= 0.3 is 0 Å². The van der Waals surface area contributed by atoms with Crippen molar-refractivity contribution in [1.29, 1.82) is 0 Å². The monoisotopic (exact) mass is 196 g/mol. The zero-order chi connectivity index (χ0) is 10.1. The summed E-state index contributed by atoms with van der Waals surface area (Å²) in [5.74, 6) is 0.785. The summed E-state index contributed by atoms with van der Waals surface area (Å²) in [6.45, 7) is 0. The summed E-state index contributed by atoms with van der Waals surface area (Å²) in [5, 5.41) is 0. The van der Waals surface area contributed by atoms with Crippen LogP contribution in [-0.2, 0) is 12.8 Å². The lowest BCUT2D eigenvalue weighted by atomic mass is 9.90. The SMILES string of the molecule is C1=CCC(C2Cc3ccccc3C2)=CC1. The lowest BCUT2D eigenvalue weighted by Gasteiger charge is -2.15. The van der Waals surface area contributed by atoms with Gasteiger partial charge in [-0.1, -0.05) is 48.1 Å². The Balaban J connectivity index is 1.81. The maximum absolute atomic E-state index is 2.43. The Morgan fingerprint density at radius 3 is 2.27 bits per heavy atom. The molecule has 0 heterocycles. The van der Waals surface area contributed by atoms with Crippen LogP contribution in [0.3, 0.4) is 0 Å². The lowest BCUT2D eigenvalue weighted by Crippen LogP contribution is -2.04. The van der Waals surface area contributed by atoms with E-state index < -0.39 is 0 Å².